The third-order valence-electron chi connectivity index (χ3n) is 5.16. The summed E-state index contributed by atoms with van der Waals surface area (Å²) < 4.78 is 0. The van der Waals surface area contributed by atoms with Crippen molar-refractivity contribution in [3.63, 3.8) is 0 Å². The Balaban J connectivity index is 1.89. The summed E-state index contributed by atoms with van der Waals surface area (Å²) in [6, 6.07) is 0.780. The van der Waals surface area contributed by atoms with Gasteiger partial charge in [-0.2, -0.15) is 0 Å². The lowest BCUT2D eigenvalue weighted by molar-refractivity contribution is 0.0591. The van der Waals surface area contributed by atoms with E-state index in [1.54, 1.807) is 0 Å². The van der Waals surface area contributed by atoms with Crippen LogP contribution in [0.5, 0.6) is 0 Å². The summed E-state index contributed by atoms with van der Waals surface area (Å²) in [5.41, 5.74) is 6.31. The molecule has 1 saturated carbocycles. The Labute approximate surface area is 112 Å². The fraction of sp³-hybridized carbons (Fsp3) is 1.00. The van der Waals surface area contributed by atoms with Crippen molar-refractivity contribution in [3.8, 4) is 0 Å². The van der Waals surface area contributed by atoms with Crippen LogP contribution in [-0.2, 0) is 0 Å². The zero-order valence-electron chi connectivity index (χ0n) is 11.9. The number of hydrogen-bond donors (Lipinski definition) is 2. The van der Waals surface area contributed by atoms with Crippen LogP contribution in [-0.4, -0.2) is 41.8 Å². The Morgan fingerprint density at radius 1 is 1.22 bits per heavy atom. The van der Waals surface area contributed by atoms with Gasteiger partial charge in [0.1, 0.15) is 0 Å². The molecule has 0 amide bonds. The molecular weight excluding hydrogens is 224 g/mol. The molecule has 3 heteroatoms. The summed E-state index contributed by atoms with van der Waals surface area (Å²) in [4.78, 5) is 2.51. The van der Waals surface area contributed by atoms with Crippen molar-refractivity contribution in [1.29, 1.82) is 0 Å². The molecule has 3 nitrogen and oxygen atoms in total. The number of nitrogens with zero attached hydrogens (tertiary/aromatic N) is 1. The average Bonchev–Trinajstić information content (AvgIpc) is 2.42. The number of piperidine rings is 1. The summed E-state index contributed by atoms with van der Waals surface area (Å²) in [6.45, 7) is 4.89. The largest absolute Gasteiger partial charge is 0.395 e. The highest BCUT2D eigenvalue weighted by Gasteiger charge is 2.31. The standard InChI is InChI=1S/C15H30N2O/c1-2-12-6-7-15(16)13(9-12)10-17-8-4-3-5-14(17)11-18/h12-15,18H,2-11,16H2,1H3. The van der Waals surface area contributed by atoms with Crippen LogP contribution in [0, 0.1) is 11.8 Å². The fourth-order valence-corrected chi connectivity index (χ4v) is 3.77. The van der Waals surface area contributed by atoms with Crippen LogP contribution in [0.3, 0.4) is 0 Å². The van der Waals surface area contributed by atoms with E-state index in [1.807, 2.05) is 0 Å². The highest BCUT2D eigenvalue weighted by molar-refractivity contribution is 4.87. The van der Waals surface area contributed by atoms with Crippen molar-refractivity contribution in [2.24, 2.45) is 17.6 Å². The van der Waals surface area contributed by atoms with E-state index in [0.717, 1.165) is 25.4 Å². The zero-order valence-corrected chi connectivity index (χ0v) is 11.9. The molecule has 1 heterocycles. The van der Waals surface area contributed by atoms with Crippen LogP contribution < -0.4 is 5.73 Å². The van der Waals surface area contributed by atoms with E-state index in [4.69, 9.17) is 5.73 Å². The smallest absolute Gasteiger partial charge is 0.0586 e. The van der Waals surface area contributed by atoms with Gasteiger partial charge in [-0.3, -0.25) is 4.90 Å². The first-order valence-corrected chi connectivity index (χ1v) is 7.85. The molecule has 1 aliphatic carbocycles. The van der Waals surface area contributed by atoms with Crippen LogP contribution >= 0.6 is 0 Å². The Morgan fingerprint density at radius 3 is 2.78 bits per heavy atom. The summed E-state index contributed by atoms with van der Waals surface area (Å²) in [7, 11) is 0. The Kier molecular flexibility index (Phi) is 5.46. The molecule has 2 rings (SSSR count). The predicted molar refractivity (Wildman–Crippen MR) is 75.4 cm³/mol. The first-order chi connectivity index (χ1) is 8.74. The molecule has 2 fully saturated rings. The second-order valence-electron chi connectivity index (χ2n) is 6.34. The number of aliphatic hydroxyl groups excluding tert-OH is 1. The van der Waals surface area contributed by atoms with Crippen LogP contribution in [0.15, 0.2) is 0 Å². The Morgan fingerprint density at radius 2 is 2.06 bits per heavy atom. The van der Waals surface area contributed by atoms with Gasteiger partial charge < -0.3 is 10.8 Å². The third kappa shape index (κ3) is 3.46. The molecule has 4 unspecified atom stereocenters. The van der Waals surface area contributed by atoms with Crippen LogP contribution in [0.4, 0.5) is 0 Å². The van der Waals surface area contributed by atoms with Crippen LogP contribution in [0.2, 0.25) is 0 Å². The lowest BCUT2D eigenvalue weighted by atomic mass is 9.76. The van der Waals surface area contributed by atoms with Gasteiger partial charge in [0, 0.05) is 18.6 Å². The maximum Gasteiger partial charge on any atom is 0.0586 e. The lowest BCUT2D eigenvalue weighted by Crippen LogP contribution is -2.49. The summed E-state index contributed by atoms with van der Waals surface area (Å²) >= 11 is 0. The molecule has 18 heavy (non-hydrogen) atoms. The molecular formula is C15H30N2O. The van der Waals surface area contributed by atoms with E-state index in [1.165, 1.54) is 38.5 Å². The van der Waals surface area contributed by atoms with E-state index in [-0.39, 0.29) is 0 Å². The second-order valence-corrected chi connectivity index (χ2v) is 6.34. The van der Waals surface area contributed by atoms with Crippen molar-refractivity contribution in [2.75, 3.05) is 19.7 Å². The van der Waals surface area contributed by atoms with E-state index < -0.39 is 0 Å². The minimum Gasteiger partial charge on any atom is -0.395 e. The van der Waals surface area contributed by atoms with Crippen molar-refractivity contribution in [2.45, 2.75) is 64.0 Å². The molecule has 0 aromatic rings. The van der Waals surface area contributed by atoms with Gasteiger partial charge in [-0.25, -0.2) is 0 Å². The summed E-state index contributed by atoms with van der Waals surface area (Å²) in [5, 5.41) is 9.48. The average molecular weight is 254 g/mol. The molecule has 1 aliphatic heterocycles. The molecule has 0 aromatic carbocycles. The van der Waals surface area contributed by atoms with Gasteiger partial charge >= 0.3 is 0 Å². The molecule has 0 bridgehead atoms. The maximum absolute atomic E-state index is 9.48. The molecule has 4 atom stereocenters. The molecule has 0 spiro atoms. The van der Waals surface area contributed by atoms with Crippen molar-refractivity contribution >= 4 is 0 Å². The van der Waals surface area contributed by atoms with Gasteiger partial charge in [0.2, 0.25) is 0 Å². The van der Waals surface area contributed by atoms with Gasteiger partial charge in [-0.05, 0) is 50.5 Å². The lowest BCUT2D eigenvalue weighted by Gasteiger charge is -2.41. The van der Waals surface area contributed by atoms with Gasteiger partial charge in [-0.15, -0.1) is 0 Å². The van der Waals surface area contributed by atoms with E-state index in [0.29, 0.717) is 24.6 Å². The molecule has 106 valence electrons. The minimum atomic E-state index is 0.319. The quantitative estimate of drug-likeness (QED) is 0.806. The van der Waals surface area contributed by atoms with E-state index >= 15 is 0 Å². The molecule has 0 aromatic heterocycles. The minimum absolute atomic E-state index is 0.319. The van der Waals surface area contributed by atoms with E-state index in [9.17, 15) is 5.11 Å². The molecule has 2 aliphatic rings. The number of hydrogen-bond acceptors (Lipinski definition) is 3. The van der Waals surface area contributed by atoms with Crippen molar-refractivity contribution in [3.05, 3.63) is 0 Å². The second kappa shape index (κ2) is 6.88. The highest BCUT2D eigenvalue weighted by Crippen LogP contribution is 2.32. The van der Waals surface area contributed by atoms with Crippen molar-refractivity contribution in [1.82, 2.24) is 4.90 Å². The van der Waals surface area contributed by atoms with Crippen molar-refractivity contribution < 1.29 is 5.11 Å². The number of likely N-dealkylation sites (tertiary alicyclic amines) is 1. The monoisotopic (exact) mass is 254 g/mol. The molecule has 3 N–H and O–H groups in total. The van der Waals surface area contributed by atoms with Crippen LogP contribution in [0.25, 0.3) is 0 Å². The summed E-state index contributed by atoms with van der Waals surface area (Å²) in [6.07, 6.45) is 8.83. The normalized spacial score (nSPS) is 38.8. The Bertz CT molecular complexity index is 247. The highest BCUT2D eigenvalue weighted by atomic mass is 16.3. The topological polar surface area (TPSA) is 49.5 Å². The van der Waals surface area contributed by atoms with E-state index in [2.05, 4.69) is 11.8 Å². The molecule has 0 radical (unpaired) electrons. The number of nitrogens with two attached hydrogens (primary N) is 1. The van der Waals surface area contributed by atoms with Gasteiger partial charge in [0.15, 0.2) is 0 Å². The first-order valence-electron chi connectivity index (χ1n) is 7.85. The number of rotatable bonds is 4. The maximum atomic E-state index is 9.48. The number of aliphatic hydroxyl groups is 1. The predicted octanol–water partition coefficient (Wildman–Crippen LogP) is 1.99. The van der Waals surface area contributed by atoms with Gasteiger partial charge in [0.05, 0.1) is 6.61 Å². The SMILES string of the molecule is CCC1CCC(N)C(CN2CCCCC2CO)C1. The summed E-state index contributed by atoms with van der Waals surface area (Å²) in [5.74, 6) is 1.53. The van der Waals surface area contributed by atoms with Gasteiger partial charge in [-0.1, -0.05) is 19.8 Å². The zero-order chi connectivity index (χ0) is 13.0. The third-order valence-corrected chi connectivity index (χ3v) is 5.16. The fourth-order valence-electron chi connectivity index (χ4n) is 3.77. The Hall–Kier alpha value is -0.120. The van der Waals surface area contributed by atoms with Gasteiger partial charge in [0.25, 0.3) is 0 Å². The van der Waals surface area contributed by atoms with Crippen LogP contribution in [0.1, 0.15) is 51.9 Å². The molecule has 1 saturated heterocycles. The first kappa shape index (κ1) is 14.3.